The summed E-state index contributed by atoms with van der Waals surface area (Å²) in [5, 5.41) is 9.49. The number of amides is 1. The molecule has 0 bridgehead atoms. The Hall–Kier alpha value is -0.570. The Bertz CT molecular complexity index is 198. The molecule has 0 unspecified atom stereocenters. The van der Waals surface area contributed by atoms with Gasteiger partial charge in [0.25, 0.3) is 5.91 Å². The third kappa shape index (κ3) is 5.22. The molecule has 14 heavy (non-hydrogen) atoms. The van der Waals surface area contributed by atoms with Crippen molar-refractivity contribution >= 4 is 5.91 Å². The van der Waals surface area contributed by atoms with Gasteiger partial charge in [0.05, 0.1) is 0 Å². The van der Waals surface area contributed by atoms with Gasteiger partial charge < -0.3 is 10.0 Å². The van der Waals surface area contributed by atoms with Crippen molar-refractivity contribution in [2.45, 2.75) is 46.6 Å². The fourth-order valence-corrected chi connectivity index (χ4v) is 1.07. The molecule has 0 atom stereocenters. The first-order chi connectivity index (χ1) is 6.04. The van der Waals surface area contributed by atoms with E-state index in [0.29, 0.717) is 6.54 Å². The van der Waals surface area contributed by atoms with Crippen LogP contribution in [0.2, 0.25) is 0 Å². The number of rotatable bonds is 3. The highest BCUT2D eigenvalue weighted by molar-refractivity contribution is 5.83. The minimum atomic E-state index is -1.26. The summed E-state index contributed by atoms with van der Waals surface area (Å²) in [6.07, 6.45) is 0.936. The van der Waals surface area contributed by atoms with Gasteiger partial charge in [-0.1, -0.05) is 20.8 Å². The van der Waals surface area contributed by atoms with Crippen molar-refractivity contribution in [3.63, 3.8) is 0 Å². The van der Waals surface area contributed by atoms with Crippen molar-refractivity contribution in [3.8, 4) is 0 Å². The molecule has 1 N–H and O–H groups in total. The van der Waals surface area contributed by atoms with Crippen molar-refractivity contribution in [3.05, 3.63) is 0 Å². The highest BCUT2D eigenvalue weighted by atomic mass is 16.3. The zero-order chi connectivity index (χ0) is 11.6. The van der Waals surface area contributed by atoms with Gasteiger partial charge in [-0.05, 0) is 25.7 Å². The fraction of sp³-hybridized carbons (Fsp3) is 0.909. The molecule has 0 saturated heterocycles. The van der Waals surface area contributed by atoms with E-state index in [2.05, 4.69) is 20.8 Å². The first kappa shape index (κ1) is 13.4. The molecule has 0 aliphatic carbocycles. The van der Waals surface area contributed by atoms with Gasteiger partial charge in [0.15, 0.2) is 0 Å². The molecule has 0 spiro atoms. The van der Waals surface area contributed by atoms with E-state index in [0.717, 1.165) is 6.42 Å². The lowest BCUT2D eigenvalue weighted by molar-refractivity contribution is -0.146. The number of carbonyl (C=O) groups is 1. The highest BCUT2D eigenvalue weighted by Gasteiger charge is 2.27. The van der Waals surface area contributed by atoms with E-state index in [9.17, 15) is 9.90 Å². The Morgan fingerprint density at radius 2 is 1.64 bits per heavy atom. The summed E-state index contributed by atoms with van der Waals surface area (Å²) in [6, 6.07) is 0. The van der Waals surface area contributed by atoms with E-state index in [4.69, 9.17) is 0 Å². The second-order valence-corrected chi connectivity index (χ2v) is 5.60. The zero-order valence-electron chi connectivity index (χ0n) is 10.2. The minimum Gasteiger partial charge on any atom is -0.381 e. The normalized spacial score (nSPS) is 12.8. The Labute approximate surface area is 87.1 Å². The smallest absolute Gasteiger partial charge is 0.253 e. The molecule has 0 rings (SSSR count). The molecule has 0 heterocycles. The number of hydrogen-bond donors (Lipinski definition) is 1. The summed E-state index contributed by atoms with van der Waals surface area (Å²) in [5.41, 5.74) is -1.04. The second-order valence-electron chi connectivity index (χ2n) is 5.60. The lowest BCUT2D eigenvalue weighted by atomic mass is 9.92. The minimum absolute atomic E-state index is 0.216. The van der Waals surface area contributed by atoms with Crippen LogP contribution in [0.4, 0.5) is 0 Å². The maximum atomic E-state index is 11.6. The lowest BCUT2D eigenvalue weighted by Crippen LogP contribution is -2.44. The predicted octanol–water partition coefficient (Wildman–Crippen LogP) is 1.65. The molecule has 0 aromatic rings. The van der Waals surface area contributed by atoms with Crippen molar-refractivity contribution in [1.29, 1.82) is 0 Å². The van der Waals surface area contributed by atoms with E-state index in [1.165, 1.54) is 13.8 Å². The maximum absolute atomic E-state index is 11.6. The van der Waals surface area contributed by atoms with Crippen LogP contribution in [0.1, 0.15) is 41.0 Å². The van der Waals surface area contributed by atoms with Gasteiger partial charge in [0.2, 0.25) is 0 Å². The average molecular weight is 201 g/mol. The highest BCUT2D eigenvalue weighted by Crippen LogP contribution is 2.19. The SMILES string of the molecule is CN(CCC(C)(C)C)C(=O)C(C)(C)O. The molecule has 3 nitrogen and oxygen atoms in total. The molecule has 0 radical (unpaired) electrons. The Kier molecular flexibility index (Phi) is 4.13. The van der Waals surface area contributed by atoms with E-state index >= 15 is 0 Å². The summed E-state index contributed by atoms with van der Waals surface area (Å²) in [7, 11) is 1.73. The monoisotopic (exact) mass is 201 g/mol. The quantitative estimate of drug-likeness (QED) is 0.754. The van der Waals surface area contributed by atoms with Crippen LogP contribution in [0.3, 0.4) is 0 Å². The molecule has 3 heteroatoms. The van der Waals surface area contributed by atoms with Crippen LogP contribution in [0.15, 0.2) is 0 Å². The molecule has 0 aliphatic heterocycles. The van der Waals surface area contributed by atoms with E-state index in [1.807, 2.05) is 0 Å². The van der Waals surface area contributed by atoms with E-state index < -0.39 is 5.60 Å². The molecule has 1 amide bonds. The maximum Gasteiger partial charge on any atom is 0.253 e. The molecule has 0 aliphatic rings. The summed E-state index contributed by atoms with van der Waals surface area (Å²) < 4.78 is 0. The van der Waals surface area contributed by atoms with Crippen molar-refractivity contribution in [2.75, 3.05) is 13.6 Å². The third-order valence-electron chi connectivity index (χ3n) is 2.07. The van der Waals surface area contributed by atoms with Crippen LogP contribution in [0, 0.1) is 5.41 Å². The van der Waals surface area contributed by atoms with Crippen molar-refractivity contribution in [2.24, 2.45) is 5.41 Å². The molecule has 0 aromatic carbocycles. The number of aliphatic hydroxyl groups is 1. The average Bonchev–Trinajstić information content (AvgIpc) is 1.95. The zero-order valence-corrected chi connectivity index (χ0v) is 10.2. The van der Waals surface area contributed by atoms with E-state index in [-0.39, 0.29) is 11.3 Å². The standard InChI is InChI=1S/C11H23NO2/c1-10(2,3)7-8-12(6)9(13)11(4,5)14/h14H,7-8H2,1-6H3. The van der Waals surface area contributed by atoms with Crippen LogP contribution in [0.5, 0.6) is 0 Å². The van der Waals surface area contributed by atoms with Gasteiger partial charge in [-0.15, -0.1) is 0 Å². The molecule has 84 valence electrons. The molecule has 0 fully saturated rings. The van der Waals surface area contributed by atoms with Gasteiger partial charge in [0.1, 0.15) is 5.60 Å². The van der Waals surface area contributed by atoms with Crippen LogP contribution < -0.4 is 0 Å². The van der Waals surface area contributed by atoms with Crippen LogP contribution in [-0.4, -0.2) is 35.1 Å². The summed E-state index contributed by atoms with van der Waals surface area (Å²) in [6.45, 7) is 10.1. The van der Waals surface area contributed by atoms with Crippen LogP contribution >= 0.6 is 0 Å². The number of nitrogens with zero attached hydrogens (tertiary/aromatic N) is 1. The number of carbonyl (C=O) groups excluding carboxylic acids is 1. The Balaban J connectivity index is 4.11. The topological polar surface area (TPSA) is 40.5 Å². The molecular weight excluding hydrogens is 178 g/mol. The molecule has 0 aromatic heterocycles. The Morgan fingerprint density at radius 1 is 1.21 bits per heavy atom. The van der Waals surface area contributed by atoms with Crippen molar-refractivity contribution < 1.29 is 9.90 Å². The van der Waals surface area contributed by atoms with Gasteiger partial charge in [0, 0.05) is 13.6 Å². The number of likely N-dealkylation sites (N-methyl/N-ethyl adjacent to an activating group) is 1. The summed E-state index contributed by atoms with van der Waals surface area (Å²) in [5.74, 6) is -0.221. The van der Waals surface area contributed by atoms with E-state index in [1.54, 1.807) is 11.9 Å². The largest absolute Gasteiger partial charge is 0.381 e. The third-order valence-corrected chi connectivity index (χ3v) is 2.07. The van der Waals surface area contributed by atoms with Gasteiger partial charge in [-0.2, -0.15) is 0 Å². The van der Waals surface area contributed by atoms with Crippen LogP contribution in [-0.2, 0) is 4.79 Å². The first-order valence-electron chi connectivity index (χ1n) is 5.02. The van der Waals surface area contributed by atoms with Gasteiger partial charge in [-0.3, -0.25) is 4.79 Å². The summed E-state index contributed by atoms with van der Waals surface area (Å²) >= 11 is 0. The number of hydrogen-bond acceptors (Lipinski definition) is 2. The fourth-order valence-electron chi connectivity index (χ4n) is 1.07. The predicted molar refractivity (Wildman–Crippen MR) is 58.0 cm³/mol. The molecular formula is C11H23NO2. The van der Waals surface area contributed by atoms with Crippen molar-refractivity contribution in [1.82, 2.24) is 4.90 Å². The lowest BCUT2D eigenvalue weighted by Gasteiger charge is -2.28. The molecule has 0 saturated carbocycles. The second kappa shape index (κ2) is 4.30. The van der Waals surface area contributed by atoms with Crippen LogP contribution in [0.25, 0.3) is 0 Å². The summed E-state index contributed by atoms with van der Waals surface area (Å²) in [4.78, 5) is 13.1. The van der Waals surface area contributed by atoms with Gasteiger partial charge in [-0.25, -0.2) is 0 Å². The Morgan fingerprint density at radius 3 is 1.93 bits per heavy atom. The first-order valence-corrected chi connectivity index (χ1v) is 5.02. The van der Waals surface area contributed by atoms with Gasteiger partial charge >= 0.3 is 0 Å².